The van der Waals surface area contributed by atoms with Crippen molar-refractivity contribution in [3.8, 4) is 0 Å². The lowest BCUT2D eigenvalue weighted by atomic mass is 10.1. The van der Waals surface area contributed by atoms with Gasteiger partial charge in [0.1, 0.15) is 6.61 Å². The monoisotopic (exact) mass is 319 g/mol. The van der Waals surface area contributed by atoms with Gasteiger partial charge in [-0.1, -0.05) is 12.1 Å². The van der Waals surface area contributed by atoms with Gasteiger partial charge in [-0.15, -0.1) is 11.3 Å². The number of piperidine rings is 1. The van der Waals surface area contributed by atoms with Gasteiger partial charge in [-0.25, -0.2) is 0 Å². The number of thiophene rings is 1. The zero-order chi connectivity index (χ0) is 15.4. The molecule has 3 rings (SSSR count). The molecular weight excluding hydrogens is 298 g/mol. The molecular formula is C17H21NO3S. The summed E-state index contributed by atoms with van der Waals surface area (Å²) in [6.07, 6.45) is 2.08. The normalized spacial score (nSPS) is 18.8. The van der Waals surface area contributed by atoms with Crippen molar-refractivity contribution < 1.29 is 14.6 Å². The number of likely N-dealkylation sites (tertiary alicyclic amines) is 1. The third-order valence-electron chi connectivity index (χ3n) is 4.03. The molecule has 2 heterocycles. The Bertz CT molecular complexity index is 640. The molecule has 1 atom stereocenters. The molecule has 1 aliphatic heterocycles. The molecule has 22 heavy (non-hydrogen) atoms. The van der Waals surface area contributed by atoms with Crippen molar-refractivity contribution in [2.24, 2.45) is 0 Å². The van der Waals surface area contributed by atoms with Gasteiger partial charge in [-0.05, 0) is 47.7 Å². The first-order valence-corrected chi connectivity index (χ1v) is 8.60. The van der Waals surface area contributed by atoms with Gasteiger partial charge >= 0.3 is 0 Å². The van der Waals surface area contributed by atoms with Gasteiger partial charge in [0.2, 0.25) is 5.91 Å². The maximum Gasteiger partial charge on any atom is 0.248 e. The summed E-state index contributed by atoms with van der Waals surface area (Å²) in [7, 11) is 0. The molecule has 0 radical (unpaired) electrons. The minimum Gasteiger partial charge on any atom is -0.391 e. The molecule has 1 amide bonds. The van der Waals surface area contributed by atoms with E-state index in [9.17, 15) is 9.90 Å². The maximum absolute atomic E-state index is 12.0. The molecule has 0 saturated carbocycles. The fraction of sp³-hybridized carbons (Fsp3) is 0.471. The zero-order valence-corrected chi connectivity index (χ0v) is 13.3. The van der Waals surface area contributed by atoms with E-state index in [0.29, 0.717) is 13.2 Å². The van der Waals surface area contributed by atoms with Gasteiger partial charge in [0, 0.05) is 17.8 Å². The van der Waals surface area contributed by atoms with E-state index in [4.69, 9.17) is 4.74 Å². The van der Waals surface area contributed by atoms with Gasteiger partial charge < -0.3 is 14.7 Å². The second-order valence-electron chi connectivity index (χ2n) is 5.73. The number of hydrogen-bond donors (Lipinski definition) is 1. The number of β-amino-alcohol motifs (C(OH)–C–C–N with tert-alkyl or cyclic N) is 1. The summed E-state index contributed by atoms with van der Waals surface area (Å²) >= 11 is 1.74. The topological polar surface area (TPSA) is 49.8 Å². The molecule has 0 spiro atoms. The molecule has 5 heteroatoms. The fourth-order valence-electron chi connectivity index (χ4n) is 2.79. The van der Waals surface area contributed by atoms with Crippen LogP contribution in [0.15, 0.2) is 29.6 Å². The Hall–Kier alpha value is -1.43. The minimum atomic E-state index is -0.380. The number of carbonyl (C=O) groups is 1. The van der Waals surface area contributed by atoms with Crippen LogP contribution in [0.1, 0.15) is 18.4 Å². The molecule has 1 saturated heterocycles. The lowest BCUT2D eigenvalue weighted by Gasteiger charge is -2.30. The van der Waals surface area contributed by atoms with E-state index >= 15 is 0 Å². The summed E-state index contributed by atoms with van der Waals surface area (Å²) in [5.74, 6) is -0.0213. The number of rotatable bonds is 5. The quantitative estimate of drug-likeness (QED) is 0.861. The zero-order valence-electron chi connectivity index (χ0n) is 12.5. The van der Waals surface area contributed by atoms with Crippen LogP contribution >= 0.6 is 11.3 Å². The Kier molecular flexibility index (Phi) is 5.08. The number of nitrogens with zero attached hydrogens (tertiary/aromatic N) is 1. The predicted molar refractivity (Wildman–Crippen MR) is 88.2 cm³/mol. The first kappa shape index (κ1) is 15.5. The first-order valence-electron chi connectivity index (χ1n) is 7.72. The number of ether oxygens (including phenoxy) is 1. The van der Waals surface area contributed by atoms with Crippen molar-refractivity contribution in [2.75, 3.05) is 26.3 Å². The van der Waals surface area contributed by atoms with Gasteiger partial charge in [0.25, 0.3) is 0 Å². The summed E-state index contributed by atoms with van der Waals surface area (Å²) < 4.78 is 6.81. The number of aliphatic hydroxyl groups is 1. The number of fused-ring (bicyclic) bond motifs is 1. The summed E-state index contributed by atoms with van der Waals surface area (Å²) in [6, 6.07) is 8.55. The Balaban J connectivity index is 1.42. The highest BCUT2D eigenvalue weighted by Crippen LogP contribution is 2.21. The molecule has 4 nitrogen and oxygen atoms in total. The third-order valence-corrected chi connectivity index (χ3v) is 4.92. The summed E-state index contributed by atoms with van der Waals surface area (Å²) in [5, 5.41) is 12.9. The molecule has 118 valence electrons. The van der Waals surface area contributed by atoms with Crippen LogP contribution in [0.5, 0.6) is 0 Å². The molecule has 0 bridgehead atoms. The van der Waals surface area contributed by atoms with Crippen LogP contribution in [0, 0.1) is 0 Å². The summed E-state index contributed by atoms with van der Waals surface area (Å²) in [6.45, 7) is 1.82. The lowest BCUT2D eigenvalue weighted by Crippen LogP contribution is -2.43. The molecule has 2 aromatic rings. The van der Waals surface area contributed by atoms with Crippen molar-refractivity contribution in [3.63, 3.8) is 0 Å². The van der Waals surface area contributed by atoms with Crippen LogP contribution in [0.25, 0.3) is 10.1 Å². The highest BCUT2D eigenvalue weighted by molar-refractivity contribution is 7.17. The van der Waals surface area contributed by atoms with Crippen LogP contribution in [0.4, 0.5) is 0 Å². The van der Waals surface area contributed by atoms with E-state index in [1.54, 1.807) is 16.2 Å². The summed E-state index contributed by atoms with van der Waals surface area (Å²) in [5.41, 5.74) is 1.23. The van der Waals surface area contributed by atoms with E-state index in [1.807, 2.05) is 0 Å². The predicted octanol–water partition coefficient (Wildman–Crippen LogP) is 2.44. The molecule has 1 aromatic heterocycles. The third kappa shape index (κ3) is 3.85. The van der Waals surface area contributed by atoms with Gasteiger partial charge in [0.05, 0.1) is 12.7 Å². The van der Waals surface area contributed by atoms with E-state index in [0.717, 1.165) is 25.8 Å². The molecule has 1 aliphatic rings. The highest BCUT2D eigenvalue weighted by Gasteiger charge is 2.21. The molecule has 0 aliphatic carbocycles. The van der Waals surface area contributed by atoms with Gasteiger partial charge in [0.15, 0.2) is 0 Å². The van der Waals surface area contributed by atoms with Crippen molar-refractivity contribution in [1.29, 1.82) is 0 Å². The number of hydrogen-bond acceptors (Lipinski definition) is 4. The standard InChI is InChI=1S/C17H21NO3S/c19-15-2-1-7-18(11-15)17(20)12-21-8-5-13-3-4-16-14(10-13)6-9-22-16/h3-4,6,9-10,15,19H,1-2,5,7-8,11-12H2. The van der Waals surface area contributed by atoms with Crippen molar-refractivity contribution in [3.05, 3.63) is 35.2 Å². The van der Waals surface area contributed by atoms with Crippen LogP contribution in [-0.2, 0) is 16.0 Å². The van der Waals surface area contributed by atoms with Crippen molar-refractivity contribution >= 4 is 27.3 Å². The maximum atomic E-state index is 12.0. The van der Waals surface area contributed by atoms with Crippen LogP contribution < -0.4 is 0 Å². The second-order valence-corrected chi connectivity index (χ2v) is 6.68. The second kappa shape index (κ2) is 7.22. The van der Waals surface area contributed by atoms with E-state index in [1.165, 1.54) is 15.6 Å². The van der Waals surface area contributed by atoms with E-state index < -0.39 is 0 Å². The lowest BCUT2D eigenvalue weighted by molar-refractivity contribution is -0.139. The number of amides is 1. The fourth-order valence-corrected chi connectivity index (χ4v) is 3.56. The Labute approximate surface area is 134 Å². The van der Waals surface area contributed by atoms with Crippen molar-refractivity contribution in [2.45, 2.75) is 25.4 Å². The van der Waals surface area contributed by atoms with Crippen LogP contribution in [-0.4, -0.2) is 48.3 Å². The SMILES string of the molecule is O=C(COCCc1ccc2sccc2c1)N1CCCC(O)C1. The largest absolute Gasteiger partial charge is 0.391 e. The van der Waals surface area contributed by atoms with Gasteiger partial charge in [-0.3, -0.25) is 4.79 Å². The highest BCUT2D eigenvalue weighted by atomic mass is 32.1. The minimum absolute atomic E-state index is 0.0213. The van der Waals surface area contributed by atoms with E-state index in [-0.39, 0.29) is 18.6 Å². The Morgan fingerprint density at radius 2 is 2.32 bits per heavy atom. The Morgan fingerprint density at radius 1 is 1.41 bits per heavy atom. The molecule has 1 unspecified atom stereocenters. The first-order chi connectivity index (χ1) is 10.7. The molecule has 1 N–H and O–H groups in total. The van der Waals surface area contributed by atoms with Gasteiger partial charge in [-0.2, -0.15) is 0 Å². The summed E-state index contributed by atoms with van der Waals surface area (Å²) in [4.78, 5) is 13.7. The van der Waals surface area contributed by atoms with Crippen molar-refractivity contribution in [1.82, 2.24) is 4.90 Å². The number of carbonyl (C=O) groups excluding carboxylic acids is 1. The van der Waals surface area contributed by atoms with E-state index in [2.05, 4.69) is 29.6 Å². The smallest absolute Gasteiger partial charge is 0.248 e. The number of aliphatic hydroxyl groups excluding tert-OH is 1. The molecule has 1 fully saturated rings. The van der Waals surface area contributed by atoms with Crippen LogP contribution in [0.2, 0.25) is 0 Å². The average Bonchev–Trinajstić information content (AvgIpc) is 2.99. The Morgan fingerprint density at radius 3 is 3.18 bits per heavy atom. The van der Waals surface area contributed by atoms with Crippen LogP contribution in [0.3, 0.4) is 0 Å². The molecule has 1 aromatic carbocycles. The average molecular weight is 319 g/mol. The number of benzene rings is 1.